The largest absolute Gasteiger partial charge is 0.419 e. The summed E-state index contributed by atoms with van der Waals surface area (Å²) in [4.78, 5) is 0.777. The van der Waals surface area contributed by atoms with E-state index in [1.54, 1.807) is 12.1 Å². The highest BCUT2D eigenvalue weighted by Gasteiger charge is 2.33. The van der Waals surface area contributed by atoms with E-state index in [4.69, 9.17) is 17.3 Å². The first kappa shape index (κ1) is 13.4. The molecule has 0 fully saturated rings. The van der Waals surface area contributed by atoms with Crippen molar-refractivity contribution in [3.05, 3.63) is 39.3 Å². The van der Waals surface area contributed by atoms with Gasteiger partial charge in [-0.25, -0.2) is 0 Å². The van der Waals surface area contributed by atoms with Gasteiger partial charge < -0.3 is 5.73 Å². The quantitative estimate of drug-likeness (QED) is 0.945. The van der Waals surface area contributed by atoms with Gasteiger partial charge in [-0.15, -0.1) is 11.3 Å². The molecule has 0 aliphatic heterocycles. The summed E-state index contributed by atoms with van der Waals surface area (Å²) in [6, 6.07) is 2.98. The Kier molecular flexibility index (Phi) is 3.65. The fourth-order valence-electron chi connectivity index (χ4n) is 1.52. The second kappa shape index (κ2) is 4.91. The first-order valence-corrected chi connectivity index (χ1v) is 6.18. The van der Waals surface area contributed by atoms with Crippen molar-refractivity contribution in [2.24, 2.45) is 5.73 Å². The molecule has 0 spiro atoms. The Morgan fingerprint density at radius 3 is 2.61 bits per heavy atom. The summed E-state index contributed by atoms with van der Waals surface area (Å²) < 4.78 is 39.2. The lowest BCUT2D eigenvalue weighted by Gasteiger charge is -2.13. The van der Waals surface area contributed by atoms with Crippen LogP contribution in [0.1, 0.15) is 16.5 Å². The molecule has 0 aliphatic rings. The molecule has 2 N–H and O–H groups in total. The fraction of sp³-hybridized carbons (Fsp3) is 0.300. The summed E-state index contributed by atoms with van der Waals surface area (Å²) in [5.41, 5.74) is 4.80. The first-order chi connectivity index (χ1) is 8.41. The van der Waals surface area contributed by atoms with Gasteiger partial charge in [0.2, 0.25) is 0 Å². The van der Waals surface area contributed by atoms with Crippen molar-refractivity contribution in [2.45, 2.75) is 12.2 Å². The number of thiophene rings is 1. The molecule has 18 heavy (non-hydrogen) atoms. The minimum absolute atomic E-state index is 0.149. The Labute approximate surface area is 110 Å². The molecule has 2 aromatic heterocycles. The summed E-state index contributed by atoms with van der Waals surface area (Å²) in [7, 11) is 0. The molecule has 3 nitrogen and oxygen atoms in total. The van der Waals surface area contributed by atoms with Crippen molar-refractivity contribution in [3.63, 3.8) is 0 Å². The summed E-state index contributed by atoms with van der Waals surface area (Å²) >= 11 is 7.07. The van der Waals surface area contributed by atoms with E-state index in [0.717, 1.165) is 17.3 Å². The van der Waals surface area contributed by atoms with Crippen molar-refractivity contribution in [3.8, 4) is 0 Å². The Hall–Kier alpha value is -1.05. The number of aromatic nitrogens is 2. The number of nitrogens with zero attached hydrogens (tertiary/aromatic N) is 2. The van der Waals surface area contributed by atoms with E-state index in [1.165, 1.54) is 16.0 Å². The molecule has 0 saturated heterocycles. The molecule has 0 bridgehead atoms. The Morgan fingerprint density at radius 1 is 1.44 bits per heavy atom. The third-order valence-electron chi connectivity index (χ3n) is 2.39. The maximum absolute atomic E-state index is 12.5. The minimum atomic E-state index is -4.40. The van der Waals surface area contributed by atoms with Crippen LogP contribution in [0.4, 0.5) is 13.2 Å². The lowest BCUT2D eigenvalue weighted by atomic mass is 10.2. The van der Waals surface area contributed by atoms with Gasteiger partial charge in [0.15, 0.2) is 0 Å². The number of hydrogen-bond acceptors (Lipinski definition) is 3. The van der Waals surface area contributed by atoms with Crippen LogP contribution >= 0.6 is 22.9 Å². The monoisotopic (exact) mass is 295 g/mol. The molecular formula is C10H9ClF3N3S. The van der Waals surface area contributed by atoms with Crippen LogP contribution in [0, 0.1) is 0 Å². The molecule has 0 amide bonds. The van der Waals surface area contributed by atoms with Crippen molar-refractivity contribution in [1.82, 2.24) is 9.78 Å². The summed E-state index contributed by atoms with van der Waals surface area (Å²) in [5.74, 6) is 0. The van der Waals surface area contributed by atoms with Gasteiger partial charge >= 0.3 is 6.18 Å². The number of hydrogen-bond donors (Lipinski definition) is 1. The normalized spacial score (nSPS) is 13.8. The average Bonchev–Trinajstić information content (AvgIpc) is 2.88. The Balaban J connectivity index is 2.31. The van der Waals surface area contributed by atoms with Gasteiger partial charge in [-0.2, -0.15) is 18.3 Å². The lowest BCUT2D eigenvalue weighted by Crippen LogP contribution is -2.20. The molecule has 8 heteroatoms. The molecular weight excluding hydrogens is 287 g/mol. The van der Waals surface area contributed by atoms with Gasteiger partial charge in [0.1, 0.15) is 0 Å². The van der Waals surface area contributed by atoms with Gasteiger partial charge in [-0.3, -0.25) is 4.68 Å². The van der Waals surface area contributed by atoms with Crippen LogP contribution in [-0.4, -0.2) is 16.3 Å². The van der Waals surface area contributed by atoms with Crippen molar-refractivity contribution >= 4 is 22.9 Å². The van der Waals surface area contributed by atoms with E-state index in [2.05, 4.69) is 5.10 Å². The second-order valence-electron chi connectivity index (χ2n) is 3.60. The molecule has 2 heterocycles. The Bertz CT molecular complexity index is 534. The molecule has 0 aromatic carbocycles. The van der Waals surface area contributed by atoms with Crippen LogP contribution in [-0.2, 0) is 6.18 Å². The van der Waals surface area contributed by atoms with Gasteiger partial charge in [0.25, 0.3) is 0 Å². The number of rotatable bonds is 3. The maximum Gasteiger partial charge on any atom is 0.419 e. The molecule has 2 rings (SSSR count). The maximum atomic E-state index is 12.5. The van der Waals surface area contributed by atoms with E-state index in [1.807, 2.05) is 0 Å². The highest BCUT2D eigenvalue weighted by atomic mass is 35.5. The molecule has 0 aliphatic carbocycles. The predicted molar refractivity (Wildman–Crippen MR) is 63.8 cm³/mol. The van der Waals surface area contributed by atoms with Crippen molar-refractivity contribution < 1.29 is 13.2 Å². The second-order valence-corrected chi connectivity index (χ2v) is 5.35. The van der Waals surface area contributed by atoms with Gasteiger partial charge in [0.05, 0.1) is 22.1 Å². The fourth-order valence-corrected chi connectivity index (χ4v) is 2.68. The van der Waals surface area contributed by atoms with E-state index in [9.17, 15) is 13.2 Å². The van der Waals surface area contributed by atoms with E-state index in [-0.39, 0.29) is 6.54 Å². The molecule has 1 atom stereocenters. The number of alkyl halides is 3. The smallest absolute Gasteiger partial charge is 0.328 e. The summed E-state index contributed by atoms with van der Waals surface area (Å²) in [5, 5.41) is 3.72. The van der Waals surface area contributed by atoms with Crippen LogP contribution in [0.25, 0.3) is 0 Å². The van der Waals surface area contributed by atoms with Crippen LogP contribution in [0.2, 0.25) is 4.34 Å². The zero-order valence-electron chi connectivity index (χ0n) is 8.99. The van der Waals surface area contributed by atoms with Crippen molar-refractivity contribution in [1.29, 1.82) is 0 Å². The number of halogens is 4. The standard InChI is InChI=1S/C10H9ClF3N3S/c11-9-2-1-8(18-9)7(3-15)17-5-6(4-16-17)10(12,13)14/h1-2,4-5,7H,3,15H2. The first-order valence-electron chi connectivity index (χ1n) is 4.98. The summed E-state index contributed by atoms with van der Waals surface area (Å²) in [6.45, 7) is 0.149. The third kappa shape index (κ3) is 2.68. The lowest BCUT2D eigenvalue weighted by molar-refractivity contribution is -0.137. The zero-order valence-corrected chi connectivity index (χ0v) is 10.6. The molecule has 0 saturated carbocycles. The van der Waals surface area contributed by atoms with Crippen LogP contribution in [0.3, 0.4) is 0 Å². The topological polar surface area (TPSA) is 43.8 Å². The average molecular weight is 296 g/mol. The minimum Gasteiger partial charge on any atom is -0.328 e. The van der Waals surface area contributed by atoms with Crippen LogP contribution < -0.4 is 5.73 Å². The predicted octanol–water partition coefficient (Wildman–Crippen LogP) is 3.16. The number of nitrogens with two attached hydrogens (primary N) is 1. The molecule has 98 valence electrons. The summed E-state index contributed by atoms with van der Waals surface area (Å²) in [6.07, 6.45) is -2.66. The van der Waals surface area contributed by atoms with Crippen LogP contribution in [0.15, 0.2) is 24.5 Å². The van der Waals surface area contributed by atoms with Gasteiger partial charge in [0, 0.05) is 17.6 Å². The molecule has 1 unspecified atom stereocenters. The third-order valence-corrected chi connectivity index (χ3v) is 3.73. The molecule has 2 aromatic rings. The highest BCUT2D eigenvalue weighted by Crippen LogP contribution is 2.32. The van der Waals surface area contributed by atoms with E-state index in [0.29, 0.717) is 4.34 Å². The Morgan fingerprint density at radius 2 is 2.17 bits per heavy atom. The van der Waals surface area contributed by atoms with Crippen molar-refractivity contribution in [2.75, 3.05) is 6.54 Å². The van der Waals surface area contributed by atoms with E-state index >= 15 is 0 Å². The van der Waals surface area contributed by atoms with Gasteiger partial charge in [-0.05, 0) is 12.1 Å². The van der Waals surface area contributed by atoms with Gasteiger partial charge in [-0.1, -0.05) is 11.6 Å². The van der Waals surface area contributed by atoms with Crippen LogP contribution in [0.5, 0.6) is 0 Å². The highest BCUT2D eigenvalue weighted by molar-refractivity contribution is 7.16. The molecule has 0 radical (unpaired) electrons. The van der Waals surface area contributed by atoms with E-state index < -0.39 is 17.8 Å². The SMILES string of the molecule is NCC(c1ccc(Cl)s1)n1cc(C(F)(F)F)cn1. The zero-order chi connectivity index (χ0) is 13.3.